The summed E-state index contributed by atoms with van der Waals surface area (Å²) in [6, 6.07) is 13.5. The first-order valence-corrected chi connectivity index (χ1v) is 13.0. The number of hydrogen-bond donors (Lipinski definition) is 2. The molecule has 0 unspecified atom stereocenters. The second-order valence-electron chi connectivity index (χ2n) is 8.00. The third-order valence-electron chi connectivity index (χ3n) is 5.22. The van der Waals surface area contributed by atoms with Gasteiger partial charge in [0.05, 0.1) is 24.0 Å². The third-order valence-corrected chi connectivity index (χ3v) is 6.43. The Labute approximate surface area is 245 Å². The Bertz CT molecular complexity index is 1400. The topological polar surface area (TPSA) is 107 Å². The van der Waals surface area contributed by atoms with E-state index in [0.29, 0.717) is 55.0 Å². The average Bonchev–Trinajstić information content (AvgIpc) is 2.92. The van der Waals surface area contributed by atoms with Gasteiger partial charge in [0, 0.05) is 16.3 Å². The molecule has 0 spiro atoms. The fourth-order valence-corrected chi connectivity index (χ4v) is 4.23. The van der Waals surface area contributed by atoms with Crippen LogP contribution in [0.5, 0.6) is 23.0 Å². The van der Waals surface area contributed by atoms with Crippen LogP contribution in [-0.4, -0.2) is 45.5 Å². The highest BCUT2D eigenvalue weighted by atomic mass is 127. The van der Waals surface area contributed by atoms with Crippen molar-refractivity contribution in [2.24, 2.45) is 5.10 Å². The van der Waals surface area contributed by atoms with Crippen LogP contribution in [0.25, 0.3) is 0 Å². The van der Waals surface area contributed by atoms with E-state index in [-0.39, 0.29) is 12.5 Å². The van der Waals surface area contributed by atoms with E-state index in [4.69, 9.17) is 30.5 Å². The van der Waals surface area contributed by atoms with Crippen molar-refractivity contribution in [1.29, 1.82) is 0 Å². The lowest BCUT2D eigenvalue weighted by Gasteiger charge is -2.14. The molecule has 0 aliphatic heterocycles. The highest BCUT2D eigenvalue weighted by Gasteiger charge is 2.14. The lowest BCUT2D eigenvalue weighted by molar-refractivity contribution is -0.118. The molecule has 0 bridgehead atoms. The summed E-state index contributed by atoms with van der Waals surface area (Å²) in [6.45, 7) is 5.57. The Morgan fingerprint density at radius 3 is 2.49 bits per heavy atom. The summed E-state index contributed by atoms with van der Waals surface area (Å²) in [5, 5.41) is 7.35. The van der Waals surface area contributed by atoms with Crippen LogP contribution in [0, 0.1) is 10.5 Å². The maximum absolute atomic E-state index is 12.6. The number of carbonyl (C=O) groups excluding carboxylic acids is 2. The van der Waals surface area contributed by atoms with Gasteiger partial charge in [0.1, 0.15) is 6.61 Å². The molecule has 0 atom stereocenters. The van der Waals surface area contributed by atoms with Crippen LogP contribution in [0.2, 0.25) is 5.02 Å². The number of methoxy groups -OCH3 is 2. The van der Waals surface area contributed by atoms with Crippen molar-refractivity contribution >= 4 is 57.9 Å². The molecular weight excluding hydrogens is 637 g/mol. The van der Waals surface area contributed by atoms with Gasteiger partial charge in [-0.25, -0.2) is 5.43 Å². The van der Waals surface area contributed by atoms with Crippen molar-refractivity contribution in [1.82, 2.24) is 5.43 Å². The van der Waals surface area contributed by atoms with Gasteiger partial charge in [-0.05, 0) is 83.1 Å². The molecular formula is C28H27ClIN3O6. The minimum atomic E-state index is -0.428. The van der Waals surface area contributed by atoms with Gasteiger partial charge in [0.15, 0.2) is 29.6 Å². The van der Waals surface area contributed by atoms with Gasteiger partial charge in [0.25, 0.3) is 11.8 Å². The zero-order valence-electron chi connectivity index (χ0n) is 21.5. The molecule has 0 aliphatic carbocycles. The summed E-state index contributed by atoms with van der Waals surface area (Å²) in [6.07, 6.45) is 3.09. The lowest BCUT2D eigenvalue weighted by atomic mass is 10.2. The van der Waals surface area contributed by atoms with Gasteiger partial charge < -0.3 is 24.3 Å². The zero-order valence-corrected chi connectivity index (χ0v) is 24.5. The number of hydrogen-bond acceptors (Lipinski definition) is 7. The van der Waals surface area contributed by atoms with Crippen molar-refractivity contribution < 1.29 is 28.5 Å². The number of halogens is 2. The number of rotatable bonds is 12. The van der Waals surface area contributed by atoms with Crippen LogP contribution in [0.1, 0.15) is 21.5 Å². The van der Waals surface area contributed by atoms with Gasteiger partial charge in [0.2, 0.25) is 0 Å². The van der Waals surface area contributed by atoms with Crippen LogP contribution >= 0.6 is 34.2 Å². The van der Waals surface area contributed by atoms with E-state index in [2.05, 4.69) is 45.0 Å². The molecule has 11 heteroatoms. The standard InChI is InChI=1S/C28H27ClIN3O6/c1-5-10-38-23-9-7-19(13-24(23)36-3)28(35)33-31-15-18-11-22(30)27(25(12-18)37-4)39-16-26(34)32-20-8-6-17(2)21(29)14-20/h5-9,11-15H,1,10,16H2,2-4H3,(H,32,34)(H,33,35)/b31-15+. The van der Waals surface area contributed by atoms with Crippen LogP contribution in [0.15, 0.2) is 66.3 Å². The minimum Gasteiger partial charge on any atom is -0.493 e. The number of amides is 2. The Kier molecular flexibility index (Phi) is 11.0. The van der Waals surface area contributed by atoms with Crippen LogP contribution < -0.4 is 29.7 Å². The molecule has 204 valence electrons. The predicted molar refractivity (Wildman–Crippen MR) is 160 cm³/mol. The van der Waals surface area contributed by atoms with Crippen LogP contribution in [0.3, 0.4) is 0 Å². The van der Waals surface area contributed by atoms with Gasteiger partial charge >= 0.3 is 0 Å². The number of nitrogens with zero attached hydrogens (tertiary/aromatic N) is 1. The molecule has 2 amide bonds. The molecule has 2 N–H and O–H groups in total. The fraction of sp³-hybridized carbons (Fsp3) is 0.179. The average molecular weight is 664 g/mol. The van der Waals surface area contributed by atoms with E-state index in [1.807, 2.05) is 13.0 Å². The summed E-state index contributed by atoms with van der Waals surface area (Å²) in [5.41, 5.74) is 4.96. The SMILES string of the molecule is C=CCOc1ccc(C(=O)N/N=C/c2cc(I)c(OCC(=O)Nc3ccc(C)c(Cl)c3)c(OC)c2)cc1OC. The molecule has 3 aromatic carbocycles. The maximum atomic E-state index is 12.6. The Balaban J connectivity index is 1.63. The molecule has 0 aromatic heterocycles. The van der Waals surface area contributed by atoms with Crippen molar-refractivity contribution in [2.45, 2.75) is 6.92 Å². The molecule has 3 rings (SSSR count). The number of benzene rings is 3. The molecule has 0 saturated heterocycles. The van der Waals surface area contributed by atoms with Crippen molar-refractivity contribution in [3.8, 4) is 23.0 Å². The summed E-state index contributed by atoms with van der Waals surface area (Å²) >= 11 is 8.19. The third kappa shape index (κ3) is 8.36. The normalized spacial score (nSPS) is 10.6. The Morgan fingerprint density at radius 1 is 1.03 bits per heavy atom. The van der Waals surface area contributed by atoms with Gasteiger partial charge in [-0.1, -0.05) is 30.3 Å². The lowest BCUT2D eigenvalue weighted by Crippen LogP contribution is -2.20. The van der Waals surface area contributed by atoms with Crippen molar-refractivity contribution in [3.63, 3.8) is 0 Å². The predicted octanol–water partition coefficient (Wildman–Crippen LogP) is 5.62. The Hall–Kier alpha value is -3.77. The summed E-state index contributed by atoms with van der Waals surface area (Å²) in [4.78, 5) is 24.9. The first-order valence-electron chi connectivity index (χ1n) is 11.6. The molecule has 3 aromatic rings. The van der Waals surface area contributed by atoms with E-state index in [9.17, 15) is 9.59 Å². The van der Waals surface area contributed by atoms with E-state index < -0.39 is 5.91 Å². The molecule has 0 radical (unpaired) electrons. The van der Waals surface area contributed by atoms with Crippen molar-refractivity contribution in [2.75, 3.05) is 32.8 Å². The van der Waals surface area contributed by atoms with Gasteiger partial charge in [-0.2, -0.15) is 5.10 Å². The molecule has 0 heterocycles. The van der Waals surface area contributed by atoms with E-state index in [1.54, 1.807) is 48.5 Å². The molecule has 0 aliphatic rings. The fourth-order valence-electron chi connectivity index (χ4n) is 3.27. The Morgan fingerprint density at radius 2 is 1.79 bits per heavy atom. The number of hydrazone groups is 1. The highest BCUT2D eigenvalue weighted by Crippen LogP contribution is 2.34. The van der Waals surface area contributed by atoms with Crippen LogP contribution in [0.4, 0.5) is 5.69 Å². The maximum Gasteiger partial charge on any atom is 0.271 e. The summed E-state index contributed by atoms with van der Waals surface area (Å²) < 4.78 is 22.7. The molecule has 39 heavy (non-hydrogen) atoms. The largest absolute Gasteiger partial charge is 0.493 e. The first-order chi connectivity index (χ1) is 18.7. The number of aryl methyl sites for hydroxylation is 1. The second kappa shape index (κ2) is 14.4. The number of ether oxygens (including phenoxy) is 4. The first kappa shape index (κ1) is 29.8. The zero-order chi connectivity index (χ0) is 28.4. The van der Waals surface area contributed by atoms with Crippen molar-refractivity contribution in [3.05, 3.63) is 86.5 Å². The van der Waals surface area contributed by atoms with Crippen LogP contribution in [-0.2, 0) is 4.79 Å². The van der Waals surface area contributed by atoms with E-state index in [0.717, 1.165) is 5.56 Å². The summed E-state index contributed by atoms with van der Waals surface area (Å²) in [5.74, 6) is 0.946. The van der Waals surface area contributed by atoms with Gasteiger partial charge in [-0.3, -0.25) is 9.59 Å². The second-order valence-corrected chi connectivity index (χ2v) is 9.57. The highest BCUT2D eigenvalue weighted by molar-refractivity contribution is 14.1. The number of carbonyl (C=O) groups is 2. The quantitative estimate of drug-likeness (QED) is 0.113. The molecule has 0 fully saturated rings. The number of nitrogens with one attached hydrogen (secondary N) is 2. The molecule has 9 nitrogen and oxygen atoms in total. The number of anilines is 1. The smallest absolute Gasteiger partial charge is 0.271 e. The monoisotopic (exact) mass is 663 g/mol. The van der Waals surface area contributed by atoms with E-state index >= 15 is 0 Å². The van der Waals surface area contributed by atoms with E-state index in [1.165, 1.54) is 20.4 Å². The van der Waals surface area contributed by atoms with Gasteiger partial charge in [-0.15, -0.1) is 0 Å². The molecule has 0 saturated carbocycles. The minimum absolute atomic E-state index is 0.234. The summed E-state index contributed by atoms with van der Waals surface area (Å²) in [7, 11) is 2.98.